The Labute approximate surface area is 198 Å². The van der Waals surface area contributed by atoms with Crippen LogP contribution in [-0.4, -0.2) is 27.3 Å². The smallest absolute Gasteiger partial charge is 0.224 e. The maximum Gasteiger partial charge on any atom is 0.224 e. The number of amides is 1. The van der Waals surface area contributed by atoms with Crippen molar-refractivity contribution >= 4 is 22.6 Å². The van der Waals surface area contributed by atoms with Gasteiger partial charge in [0.1, 0.15) is 5.82 Å². The number of halogens is 1. The predicted octanol–water partition coefficient (Wildman–Crippen LogP) is 5.76. The van der Waals surface area contributed by atoms with E-state index in [1.54, 1.807) is 6.07 Å². The first kappa shape index (κ1) is 23.4. The summed E-state index contributed by atoms with van der Waals surface area (Å²) in [4.78, 5) is 17.5. The molecule has 4 aromatic rings. The molecular formula is C27H29FN4O2. The summed E-state index contributed by atoms with van der Waals surface area (Å²) in [5.41, 5.74) is 6.86. The van der Waals surface area contributed by atoms with Crippen LogP contribution in [-0.2, 0) is 11.2 Å². The molecule has 0 saturated heterocycles. The lowest BCUT2D eigenvalue weighted by Crippen LogP contribution is -2.14. The molecule has 0 fully saturated rings. The molecule has 0 aliphatic carbocycles. The van der Waals surface area contributed by atoms with Gasteiger partial charge in [-0.15, -0.1) is 0 Å². The Balaban J connectivity index is 1.67. The average molecular weight is 461 g/mol. The highest BCUT2D eigenvalue weighted by Gasteiger charge is 2.21. The number of carbonyl (C=O) groups excluding carboxylic acids is 1. The van der Waals surface area contributed by atoms with Gasteiger partial charge in [0.05, 0.1) is 18.0 Å². The van der Waals surface area contributed by atoms with Gasteiger partial charge < -0.3 is 10.1 Å². The number of fused-ring (bicyclic) bond motifs is 1. The van der Waals surface area contributed by atoms with Gasteiger partial charge in [0.25, 0.3) is 0 Å². The van der Waals surface area contributed by atoms with Crippen LogP contribution < -0.4 is 10.1 Å². The largest absolute Gasteiger partial charge is 0.478 e. The summed E-state index contributed by atoms with van der Waals surface area (Å²) in [5.74, 6) is -0.0655. The first-order valence-corrected chi connectivity index (χ1v) is 11.4. The van der Waals surface area contributed by atoms with Crippen molar-refractivity contribution in [2.24, 2.45) is 0 Å². The molecule has 2 aromatic heterocycles. The second-order valence-electron chi connectivity index (χ2n) is 8.49. The van der Waals surface area contributed by atoms with Crippen molar-refractivity contribution in [2.45, 2.75) is 47.5 Å². The van der Waals surface area contributed by atoms with Crippen LogP contribution in [0.2, 0.25) is 0 Å². The van der Waals surface area contributed by atoms with E-state index >= 15 is 0 Å². The fourth-order valence-electron chi connectivity index (χ4n) is 4.13. The number of carbonyl (C=O) groups is 1. The lowest BCUT2D eigenvalue weighted by Gasteiger charge is -2.14. The van der Waals surface area contributed by atoms with Crippen LogP contribution >= 0.6 is 0 Å². The molecule has 0 unspecified atom stereocenters. The molecule has 0 spiro atoms. The standard InChI is InChI=1S/C27H29FN4O2/c1-6-34-27-22(13-14-24(33)29-23-15-20(28)10-9-17(23)3)18(4)25-19(5)31-32(26(25)30-27)21-11-7-16(2)8-12-21/h7-12,15H,6,13-14H2,1-5H3,(H,29,33). The highest BCUT2D eigenvalue weighted by molar-refractivity contribution is 5.92. The Morgan fingerprint density at radius 3 is 2.53 bits per heavy atom. The Bertz CT molecular complexity index is 1360. The zero-order chi connectivity index (χ0) is 24.4. The zero-order valence-electron chi connectivity index (χ0n) is 20.2. The van der Waals surface area contributed by atoms with Crippen molar-refractivity contribution in [2.75, 3.05) is 11.9 Å². The third-order valence-electron chi connectivity index (χ3n) is 5.96. The minimum Gasteiger partial charge on any atom is -0.478 e. The van der Waals surface area contributed by atoms with Gasteiger partial charge in [-0.1, -0.05) is 23.8 Å². The topological polar surface area (TPSA) is 69.0 Å². The third kappa shape index (κ3) is 4.64. The number of pyridine rings is 1. The number of benzene rings is 2. The fraction of sp³-hybridized carbons (Fsp3) is 0.296. The molecule has 1 N–H and O–H groups in total. The highest BCUT2D eigenvalue weighted by atomic mass is 19.1. The fourth-order valence-corrected chi connectivity index (χ4v) is 4.13. The van der Waals surface area contributed by atoms with E-state index < -0.39 is 0 Å². The molecule has 0 aliphatic rings. The molecule has 2 heterocycles. The summed E-state index contributed by atoms with van der Waals surface area (Å²) in [5, 5.41) is 8.52. The Kier molecular flexibility index (Phi) is 6.63. The predicted molar refractivity (Wildman–Crippen MR) is 132 cm³/mol. The van der Waals surface area contributed by atoms with Gasteiger partial charge in [0.2, 0.25) is 11.8 Å². The number of aryl methyl sites for hydroxylation is 4. The molecule has 34 heavy (non-hydrogen) atoms. The van der Waals surface area contributed by atoms with Crippen LogP contribution in [0.3, 0.4) is 0 Å². The number of rotatable bonds is 7. The van der Waals surface area contributed by atoms with Crippen molar-refractivity contribution in [1.82, 2.24) is 14.8 Å². The summed E-state index contributed by atoms with van der Waals surface area (Å²) in [6.07, 6.45) is 0.661. The van der Waals surface area contributed by atoms with E-state index in [1.165, 1.54) is 17.7 Å². The summed E-state index contributed by atoms with van der Waals surface area (Å²) in [6.45, 7) is 10.2. The van der Waals surface area contributed by atoms with Crippen molar-refractivity contribution < 1.29 is 13.9 Å². The van der Waals surface area contributed by atoms with E-state index in [4.69, 9.17) is 14.8 Å². The molecule has 1 amide bonds. The quantitative estimate of drug-likeness (QED) is 0.381. The molecule has 0 saturated carbocycles. The van der Waals surface area contributed by atoms with Gasteiger partial charge >= 0.3 is 0 Å². The molecule has 176 valence electrons. The SMILES string of the molecule is CCOc1nc2c(c(C)nn2-c2ccc(C)cc2)c(C)c1CCC(=O)Nc1cc(F)ccc1C. The number of ether oxygens (including phenoxy) is 1. The van der Waals surface area contributed by atoms with Crippen LogP contribution in [0.1, 0.15) is 41.3 Å². The summed E-state index contributed by atoms with van der Waals surface area (Å²) < 4.78 is 21.3. The molecule has 0 aliphatic heterocycles. The minimum atomic E-state index is -0.383. The molecule has 0 radical (unpaired) electrons. The van der Waals surface area contributed by atoms with Gasteiger partial charge in [0.15, 0.2) is 5.65 Å². The number of nitrogens with zero attached hydrogens (tertiary/aromatic N) is 3. The monoisotopic (exact) mass is 460 g/mol. The van der Waals surface area contributed by atoms with Gasteiger partial charge in [-0.2, -0.15) is 10.1 Å². The van der Waals surface area contributed by atoms with Crippen molar-refractivity contribution in [3.8, 4) is 11.6 Å². The van der Waals surface area contributed by atoms with E-state index in [0.717, 1.165) is 39.1 Å². The van der Waals surface area contributed by atoms with E-state index in [-0.39, 0.29) is 18.1 Å². The number of anilines is 1. The number of hydrogen-bond donors (Lipinski definition) is 1. The van der Waals surface area contributed by atoms with Crippen LogP contribution in [0.4, 0.5) is 10.1 Å². The maximum atomic E-state index is 13.6. The maximum absolute atomic E-state index is 13.6. The highest BCUT2D eigenvalue weighted by Crippen LogP contribution is 2.32. The first-order chi connectivity index (χ1) is 16.3. The molecule has 7 heteroatoms. The summed E-state index contributed by atoms with van der Waals surface area (Å²) in [7, 11) is 0. The van der Waals surface area contributed by atoms with Crippen LogP contribution in [0.5, 0.6) is 5.88 Å². The first-order valence-electron chi connectivity index (χ1n) is 11.4. The van der Waals surface area contributed by atoms with Crippen LogP contribution in [0.15, 0.2) is 42.5 Å². The number of nitrogens with one attached hydrogen (secondary N) is 1. The Hall–Kier alpha value is -3.74. The summed E-state index contributed by atoms with van der Waals surface area (Å²) >= 11 is 0. The number of hydrogen-bond acceptors (Lipinski definition) is 4. The molecule has 0 bridgehead atoms. The zero-order valence-corrected chi connectivity index (χ0v) is 20.2. The van der Waals surface area contributed by atoms with Crippen molar-refractivity contribution in [3.63, 3.8) is 0 Å². The molecule has 2 aromatic carbocycles. The third-order valence-corrected chi connectivity index (χ3v) is 5.96. The lowest BCUT2D eigenvalue weighted by molar-refractivity contribution is -0.116. The van der Waals surface area contributed by atoms with E-state index in [1.807, 2.05) is 63.6 Å². The molecular weight excluding hydrogens is 431 g/mol. The summed E-state index contributed by atoms with van der Waals surface area (Å²) in [6, 6.07) is 12.5. The molecule has 6 nitrogen and oxygen atoms in total. The lowest BCUT2D eigenvalue weighted by atomic mass is 10.0. The second-order valence-corrected chi connectivity index (χ2v) is 8.49. The van der Waals surface area contributed by atoms with Gasteiger partial charge in [-0.3, -0.25) is 4.79 Å². The van der Waals surface area contributed by atoms with Crippen molar-refractivity contribution in [3.05, 3.63) is 76.2 Å². The average Bonchev–Trinajstić information content (AvgIpc) is 3.13. The van der Waals surface area contributed by atoms with Gasteiger partial charge in [-0.25, -0.2) is 9.07 Å². The number of aromatic nitrogens is 3. The van der Waals surface area contributed by atoms with E-state index in [2.05, 4.69) is 5.32 Å². The van der Waals surface area contributed by atoms with E-state index in [9.17, 15) is 9.18 Å². The van der Waals surface area contributed by atoms with Gasteiger partial charge in [0, 0.05) is 23.1 Å². The van der Waals surface area contributed by atoms with Crippen LogP contribution in [0, 0.1) is 33.5 Å². The van der Waals surface area contributed by atoms with Crippen molar-refractivity contribution in [1.29, 1.82) is 0 Å². The minimum absolute atomic E-state index is 0.192. The Morgan fingerprint density at radius 2 is 1.82 bits per heavy atom. The molecule has 0 atom stereocenters. The Morgan fingerprint density at radius 1 is 1.09 bits per heavy atom. The van der Waals surface area contributed by atoms with Gasteiger partial charge in [-0.05, 0) is 76.4 Å². The molecule has 4 rings (SSSR count). The van der Waals surface area contributed by atoms with Crippen LogP contribution in [0.25, 0.3) is 16.7 Å². The normalized spacial score (nSPS) is 11.1. The van der Waals surface area contributed by atoms with E-state index in [0.29, 0.717) is 24.6 Å². The second kappa shape index (κ2) is 9.63.